The molecule has 1 heterocycles. The average Bonchev–Trinajstić information content (AvgIpc) is 3.04. The van der Waals surface area contributed by atoms with Crippen LogP contribution in [0.1, 0.15) is 32.7 Å². The lowest BCUT2D eigenvalue weighted by Crippen LogP contribution is -2.25. The highest BCUT2D eigenvalue weighted by Gasteiger charge is 2.15. The fraction of sp³-hybridized carbons (Fsp3) is 0.273. The average molecular weight is 377 g/mol. The molecule has 0 fully saturated rings. The number of carbonyl (C=O) groups is 1. The summed E-state index contributed by atoms with van der Waals surface area (Å²) in [5, 5.41) is 13.4. The SMILES string of the molecule is COc1ccc(C(=O)NCCc2c(C)[nH]c3c(C#N)ccc(C)c23)cc1OC. The first-order chi connectivity index (χ1) is 13.5. The quantitative estimate of drug-likeness (QED) is 0.686. The van der Waals surface area contributed by atoms with Crippen LogP contribution in [0.15, 0.2) is 30.3 Å². The van der Waals surface area contributed by atoms with Crippen LogP contribution < -0.4 is 14.8 Å². The molecule has 0 radical (unpaired) electrons. The molecule has 0 saturated carbocycles. The summed E-state index contributed by atoms with van der Waals surface area (Å²) in [6.45, 7) is 4.51. The molecule has 6 heteroatoms. The van der Waals surface area contributed by atoms with E-state index in [1.54, 1.807) is 25.3 Å². The Hall–Kier alpha value is -3.46. The monoisotopic (exact) mass is 377 g/mol. The number of hydrogen-bond acceptors (Lipinski definition) is 4. The van der Waals surface area contributed by atoms with Gasteiger partial charge in [-0.2, -0.15) is 5.26 Å². The summed E-state index contributed by atoms with van der Waals surface area (Å²) in [6, 6.07) is 11.1. The summed E-state index contributed by atoms with van der Waals surface area (Å²) in [4.78, 5) is 15.8. The molecule has 3 aromatic rings. The topological polar surface area (TPSA) is 87.1 Å². The van der Waals surface area contributed by atoms with Crippen LogP contribution in [0.4, 0.5) is 0 Å². The Balaban J connectivity index is 1.76. The number of aromatic amines is 1. The normalized spacial score (nSPS) is 10.5. The molecule has 28 heavy (non-hydrogen) atoms. The molecule has 1 aromatic heterocycles. The predicted octanol–water partition coefficient (Wildman–Crippen LogP) is 3.65. The number of H-pyrrole nitrogens is 1. The minimum absolute atomic E-state index is 0.173. The third kappa shape index (κ3) is 3.52. The number of carbonyl (C=O) groups excluding carboxylic acids is 1. The third-order valence-electron chi connectivity index (χ3n) is 4.91. The van der Waals surface area contributed by atoms with Crippen molar-refractivity contribution in [3.63, 3.8) is 0 Å². The van der Waals surface area contributed by atoms with Gasteiger partial charge in [0.25, 0.3) is 5.91 Å². The molecule has 0 aliphatic carbocycles. The summed E-state index contributed by atoms with van der Waals surface area (Å²) < 4.78 is 10.5. The molecular formula is C22H23N3O3. The second-order valence-corrected chi connectivity index (χ2v) is 6.60. The number of benzene rings is 2. The summed E-state index contributed by atoms with van der Waals surface area (Å²) in [6.07, 6.45) is 0.667. The molecule has 6 nitrogen and oxygen atoms in total. The number of fused-ring (bicyclic) bond motifs is 1. The van der Waals surface area contributed by atoms with E-state index in [1.807, 2.05) is 26.0 Å². The molecule has 0 bridgehead atoms. The number of nitriles is 1. The van der Waals surface area contributed by atoms with Gasteiger partial charge in [-0.05, 0) is 55.7 Å². The van der Waals surface area contributed by atoms with E-state index < -0.39 is 0 Å². The number of methoxy groups -OCH3 is 2. The zero-order valence-electron chi connectivity index (χ0n) is 16.5. The first-order valence-corrected chi connectivity index (χ1v) is 9.01. The lowest BCUT2D eigenvalue weighted by atomic mass is 10.0. The zero-order valence-corrected chi connectivity index (χ0v) is 16.5. The second-order valence-electron chi connectivity index (χ2n) is 6.60. The van der Waals surface area contributed by atoms with Gasteiger partial charge in [-0.15, -0.1) is 0 Å². The van der Waals surface area contributed by atoms with E-state index in [4.69, 9.17) is 9.47 Å². The molecule has 0 saturated heterocycles. The van der Waals surface area contributed by atoms with Gasteiger partial charge >= 0.3 is 0 Å². The first-order valence-electron chi connectivity index (χ1n) is 9.01. The molecule has 0 spiro atoms. The lowest BCUT2D eigenvalue weighted by Gasteiger charge is -2.10. The van der Waals surface area contributed by atoms with Crippen molar-refractivity contribution in [2.75, 3.05) is 20.8 Å². The zero-order chi connectivity index (χ0) is 20.3. The number of nitrogens with one attached hydrogen (secondary N) is 2. The van der Waals surface area contributed by atoms with Gasteiger partial charge in [0.1, 0.15) is 6.07 Å². The number of ether oxygens (including phenoxy) is 2. The molecule has 144 valence electrons. The van der Waals surface area contributed by atoms with Gasteiger partial charge in [0.2, 0.25) is 0 Å². The second kappa shape index (κ2) is 8.05. The van der Waals surface area contributed by atoms with E-state index in [9.17, 15) is 10.1 Å². The Morgan fingerprint density at radius 1 is 1.14 bits per heavy atom. The Morgan fingerprint density at radius 3 is 2.57 bits per heavy atom. The van der Waals surface area contributed by atoms with Gasteiger partial charge in [0.15, 0.2) is 11.5 Å². The maximum Gasteiger partial charge on any atom is 0.251 e. The summed E-state index contributed by atoms with van der Waals surface area (Å²) >= 11 is 0. The Bertz CT molecular complexity index is 1080. The van der Waals surface area contributed by atoms with Crippen molar-refractivity contribution in [3.05, 3.63) is 58.3 Å². The van der Waals surface area contributed by atoms with Gasteiger partial charge in [-0.3, -0.25) is 4.79 Å². The van der Waals surface area contributed by atoms with Crippen LogP contribution in [-0.2, 0) is 6.42 Å². The Labute approximate surface area is 164 Å². The van der Waals surface area contributed by atoms with Crippen LogP contribution in [0.2, 0.25) is 0 Å². The first kappa shape index (κ1) is 19.3. The molecule has 2 N–H and O–H groups in total. The van der Waals surface area contributed by atoms with E-state index in [-0.39, 0.29) is 5.91 Å². The van der Waals surface area contributed by atoms with E-state index in [1.165, 1.54) is 7.11 Å². The van der Waals surface area contributed by atoms with Crippen molar-refractivity contribution in [1.82, 2.24) is 10.3 Å². The van der Waals surface area contributed by atoms with Crippen molar-refractivity contribution >= 4 is 16.8 Å². The smallest absolute Gasteiger partial charge is 0.251 e. The van der Waals surface area contributed by atoms with Crippen molar-refractivity contribution in [1.29, 1.82) is 5.26 Å². The number of aromatic nitrogens is 1. The summed E-state index contributed by atoms with van der Waals surface area (Å²) in [7, 11) is 3.10. The molecule has 3 rings (SSSR count). The van der Waals surface area contributed by atoms with Crippen molar-refractivity contribution in [3.8, 4) is 17.6 Å². The van der Waals surface area contributed by atoms with Crippen molar-refractivity contribution < 1.29 is 14.3 Å². The molecular weight excluding hydrogens is 354 g/mol. The number of rotatable bonds is 6. The van der Waals surface area contributed by atoms with Crippen LogP contribution >= 0.6 is 0 Å². The van der Waals surface area contributed by atoms with Gasteiger partial charge in [-0.1, -0.05) is 6.07 Å². The fourth-order valence-electron chi connectivity index (χ4n) is 3.46. The number of aryl methyl sites for hydroxylation is 2. The fourth-order valence-corrected chi connectivity index (χ4v) is 3.46. The van der Waals surface area contributed by atoms with Crippen LogP contribution in [0.25, 0.3) is 10.9 Å². The summed E-state index contributed by atoms with van der Waals surface area (Å²) in [5.41, 5.74) is 5.25. The highest BCUT2D eigenvalue weighted by atomic mass is 16.5. The lowest BCUT2D eigenvalue weighted by molar-refractivity contribution is 0.0953. The maximum atomic E-state index is 12.5. The molecule has 1 amide bonds. The molecule has 0 atom stereocenters. The van der Waals surface area contributed by atoms with Crippen LogP contribution in [0.5, 0.6) is 11.5 Å². The van der Waals surface area contributed by atoms with E-state index in [0.29, 0.717) is 35.6 Å². The van der Waals surface area contributed by atoms with Crippen molar-refractivity contribution in [2.45, 2.75) is 20.3 Å². The Kier molecular flexibility index (Phi) is 5.55. The highest BCUT2D eigenvalue weighted by Crippen LogP contribution is 2.29. The van der Waals surface area contributed by atoms with Crippen LogP contribution in [0, 0.1) is 25.2 Å². The minimum Gasteiger partial charge on any atom is -0.493 e. The third-order valence-corrected chi connectivity index (χ3v) is 4.91. The minimum atomic E-state index is -0.173. The van der Waals surface area contributed by atoms with Gasteiger partial charge in [0, 0.05) is 23.2 Å². The number of amides is 1. The van der Waals surface area contributed by atoms with E-state index >= 15 is 0 Å². The molecule has 0 unspecified atom stereocenters. The largest absolute Gasteiger partial charge is 0.493 e. The molecule has 2 aromatic carbocycles. The van der Waals surface area contributed by atoms with Gasteiger partial charge in [-0.25, -0.2) is 0 Å². The summed E-state index contributed by atoms with van der Waals surface area (Å²) in [5.74, 6) is 0.924. The van der Waals surface area contributed by atoms with Crippen LogP contribution in [0.3, 0.4) is 0 Å². The Morgan fingerprint density at radius 2 is 1.89 bits per heavy atom. The van der Waals surface area contributed by atoms with Gasteiger partial charge < -0.3 is 19.8 Å². The van der Waals surface area contributed by atoms with Gasteiger partial charge in [0.05, 0.1) is 25.3 Å². The standard InChI is InChI=1S/C22H23N3O3/c1-13-5-6-16(12-23)21-20(13)17(14(2)25-21)9-10-24-22(26)15-7-8-18(27-3)19(11-15)28-4/h5-8,11,25H,9-10H2,1-4H3,(H,24,26). The highest BCUT2D eigenvalue weighted by molar-refractivity contribution is 5.95. The number of hydrogen-bond donors (Lipinski definition) is 2. The predicted molar refractivity (Wildman–Crippen MR) is 108 cm³/mol. The van der Waals surface area contributed by atoms with Crippen molar-refractivity contribution in [2.24, 2.45) is 0 Å². The van der Waals surface area contributed by atoms with E-state index in [2.05, 4.69) is 16.4 Å². The van der Waals surface area contributed by atoms with Crippen LogP contribution in [-0.4, -0.2) is 31.7 Å². The maximum absolute atomic E-state index is 12.5. The van der Waals surface area contributed by atoms with E-state index in [0.717, 1.165) is 27.7 Å². The number of nitrogens with zero attached hydrogens (tertiary/aromatic N) is 1. The molecule has 0 aliphatic heterocycles. The molecule has 0 aliphatic rings.